The normalized spacial score (nSPS) is 26.6. The number of amides is 2. The van der Waals surface area contributed by atoms with Gasteiger partial charge in [0.1, 0.15) is 19.4 Å². The second-order valence-electron chi connectivity index (χ2n) is 6.32. The molecular formula is C15H17N5O9S. The predicted molar refractivity (Wildman–Crippen MR) is 96.5 cm³/mol. The number of carbonyl (C=O) groups excluding carboxylic acids is 3. The van der Waals surface area contributed by atoms with Crippen molar-refractivity contribution in [3.63, 3.8) is 0 Å². The number of ether oxygens (including phenoxy) is 1. The van der Waals surface area contributed by atoms with E-state index in [1.54, 1.807) is 0 Å². The summed E-state index contributed by atoms with van der Waals surface area (Å²) in [5.41, 5.74) is 0.802. The average Bonchev–Trinajstić information content (AvgIpc) is 3.39. The molecule has 0 bridgehead atoms. The Hall–Kier alpha value is -3.30. The van der Waals surface area contributed by atoms with E-state index in [2.05, 4.69) is 20.3 Å². The second-order valence-corrected chi connectivity index (χ2v) is 7.21. The quantitative estimate of drug-likeness (QED) is 0.202. The van der Waals surface area contributed by atoms with Gasteiger partial charge in [-0.2, -0.15) is 5.06 Å². The molecule has 1 aromatic rings. The zero-order valence-electron chi connectivity index (χ0n) is 15.5. The number of anilines is 1. The molecule has 0 saturated carbocycles. The van der Waals surface area contributed by atoms with Crippen LogP contribution in [-0.4, -0.2) is 81.3 Å². The van der Waals surface area contributed by atoms with Crippen LogP contribution >= 0.6 is 11.3 Å². The Balaban J connectivity index is 1.88. The summed E-state index contributed by atoms with van der Waals surface area (Å²) in [4.78, 5) is 62.7. The van der Waals surface area contributed by atoms with Gasteiger partial charge in [-0.25, -0.2) is 9.78 Å². The maximum absolute atomic E-state index is 13.0. The molecule has 2 fully saturated rings. The Bertz CT molecular complexity index is 933. The first-order chi connectivity index (χ1) is 14.2. The van der Waals surface area contributed by atoms with Crippen LogP contribution in [0.3, 0.4) is 0 Å². The topological polar surface area (TPSA) is 203 Å². The van der Waals surface area contributed by atoms with Crippen molar-refractivity contribution in [2.75, 3.05) is 26.1 Å². The number of thiazole rings is 1. The number of aliphatic hydroxyl groups is 1. The highest BCUT2D eigenvalue weighted by atomic mass is 32.1. The summed E-state index contributed by atoms with van der Waals surface area (Å²) in [7, 11) is 1.18. The standard InChI is InChI=1S/C15H17N5O9S/c1-27-19-9(7-4-30-13(16)17-7)10(23)18-14(5-21)6-28-20(11(14)24)15(12(25)26)3-2-8(22)29-15/h4,21H,2-3,5-6H2,1H3,(H2,16,17)(H,18,23)(H,25,26)/b19-9-. The van der Waals surface area contributed by atoms with Gasteiger partial charge in [0.2, 0.25) is 0 Å². The number of nitrogens with one attached hydrogen (secondary N) is 1. The molecule has 0 aliphatic carbocycles. The van der Waals surface area contributed by atoms with Gasteiger partial charge in [0.25, 0.3) is 11.8 Å². The number of aliphatic hydroxyl groups excluding tert-OH is 1. The number of hydroxylamine groups is 2. The third kappa shape index (κ3) is 3.42. The van der Waals surface area contributed by atoms with Crippen LogP contribution in [-0.2, 0) is 33.6 Å². The molecule has 15 heteroatoms. The molecule has 30 heavy (non-hydrogen) atoms. The molecule has 3 rings (SSSR count). The van der Waals surface area contributed by atoms with Crippen molar-refractivity contribution in [1.29, 1.82) is 0 Å². The molecule has 2 amide bonds. The van der Waals surface area contributed by atoms with E-state index in [0.29, 0.717) is 5.06 Å². The van der Waals surface area contributed by atoms with Gasteiger partial charge in [-0.05, 0) is 0 Å². The van der Waals surface area contributed by atoms with E-state index in [1.807, 2.05) is 0 Å². The van der Waals surface area contributed by atoms with Crippen molar-refractivity contribution >= 4 is 45.9 Å². The summed E-state index contributed by atoms with van der Waals surface area (Å²) >= 11 is 1.03. The molecule has 2 aliphatic rings. The Morgan fingerprint density at radius 3 is 2.73 bits per heavy atom. The number of nitrogens with zero attached hydrogens (tertiary/aromatic N) is 3. The number of rotatable bonds is 7. The highest BCUT2D eigenvalue weighted by Crippen LogP contribution is 2.36. The number of carboxylic acids is 1. The molecule has 2 unspecified atom stereocenters. The summed E-state index contributed by atoms with van der Waals surface area (Å²) in [6.07, 6.45) is -0.620. The van der Waals surface area contributed by atoms with Gasteiger partial charge in [0, 0.05) is 11.8 Å². The third-order valence-corrected chi connectivity index (χ3v) is 5.11. The average molecular weight is 443 g/mol. The molecule has 0 spiro atoms. The monoisotopic (exact) mass is 443 g/mol. The van der Waals surface area contributed by atoms with E-state index in [0.717, 1.165) is 11.3 Å². The minimum atomic E-state index is -2.40. The van der Waals surface area contributed by atoms with Crippen LogP contribution in [0.2, 0.25) is 0 Å². The van der Waals surface area contributed by atoms with Gasteiger partial charge >= 0.3 is 17.7 Å². The summed E-state index contributed by atoms with van der Waals surface area (Å²) < 4.78 is 4.85. The largest absolute Gasteiger partial charge is 0.477 e. The number of esters is 1. The van der Waals surface area contributed by atoms with E-state index >= 15 is 0 Å². The first kappa shape index (κ1) is 21.4. The Labute approximate surface area is 172 Å². The number of nitrogen functional groups attached to an aromatic ring is 1. The van der Waals surface area contributed by atoms with E-state index in [-0.39, 0.29) is 29.4 Å². The van der Waals surface area contributed by atoms with Crippen LogP contribution in [0.1, 0.15) is 18.5 Å². The van der Waals surface area contributed by atoms with Gasteiger partial charge in [-0.1, -0.05) is 5.16 Å². The predicted octanol–water partition coefficient (Wildman–Crippen LogP) is -2.19. The number of hydrogen-bond acceptors (Lipinski definition) is 12. The molecule has 14 nitrogen and oxygen atoms in total. The molecular weight excluding hydrogens is 426 g/mol. The zero-order valence-corrected chi connectivity index (χ0v) is 16.3. The number of nitrogens with two attached hydrogens (primary N) is 1. The zero-order chi connectivity index (χ0) is 22.1. The fraction of sp³-hybridized carbons (Fsp3) is 0.467. The van der Waals surface area contributed by atoms with Gasteiger partial charge in [0.05, 0.1) is 13.0 Å². The number of cyclic esters (lactones) is 1. The lowest BCUT2D eigenvalue weighted by atomic mass is 9.99. The van der Waals surface area contributed by atoms with Crippen molar-refractivity contribution in [1.82, 2.24) is 15.4 Å². The van der Waals surface area contributed by atoms with Gasteiger partial charge in [0.15, 0.2) is 16.4 Å². The summed E-state index contributed by atoms with van der Waals surface area (Å²) in [5.74, 6) is -4.57. The Kier molecular flexibility index (Phi) is 5.60. The van der Waals surface area contributed by atoms with E-state index < -0.39 is 48.2 Å². The van der Waals surface area contributed by atoms with Crippen LogP contribution in [0.5, 0.6) is 0 Å². The fourth-order valence-electron chi connectivity index (χ4n) is 2.91. The van der Waals surface area contributed by atoms with E-state index in [1.165, 1.54) is 12.5 Å². The fourth-order valence-corrected chi connectivity index (χ4v) is 3.46. The number of hydrogen-bond donors (Lipinski definition) is 4. The molecule has 2 saturated heterocycles. The minimum Gasteiger partial charge on any atom is -0.477 e. The maximum Gasteiger partial charge on any atom is 0.372 e. The number of aromatic nitrogens is 1. The Morgan fingerprint density at radius 1 is 1.50 bits per heavy atom. The molecule has 0 radical (unpaired) electrons. The van der Waals surface area contributed by atoms with E-state index in [9.17, 15) is 29.4 Å². The minimum absolute atomic E-state index is 0.0555. The molecule has 162 valence electrons. The summed E-state index contributed by atoms with van der Waals surface area (Å²) in [5, 5.41) is 27.2. The van der Waals surface area contributed by atoms with Crippen LogP contribution in [0.15, 0.2) is 10.5 Å². The molecule has 2 atom stereocenters. The first-order valence-electron chi connectivity index (χ1n) is 8.38. The van der Waals surface area contributed by atoms with Crippen molar-refractivity contribution in [2.24, 2.45) is 5.16 Å². The number of carbonyl (C=O) groups is 4. The van der Waals surface area contributed by atoms with Crippen LogP contribution < -0.4 is 11.1 Å². The lowest BCUT2D eigenvalue weighted by Gasteiger charge is -2.32. The smallest absolute Gasteiger partial charge is 0.372 e. The van der Waals surface area contributed by atoms with Crippen LogP contribution in [0.25, 0.3) is 0 Å². The number of aliphatic carboxylic acids is 1. The third-order valence-electron chi connectivity index (χ3n) is 4.43. The highest BCUT2D eigenvalue weighted by molar-refractivity contribution is 7.13. The van der Waals surface area contributed by atoms with Crippen LogP contribution in [0, 0.1) is 0 Å². The lowest BCUT2D eigenvalue weighted by Crippen LogP contribution is -2.63. The molecule has 2 aliphatic heterocycles. The molecule has 0 aromatic carbocycles. The SMILES string of the molecule is CO/N=C(\C(=O)NC1(CO)CON(C2(C(=O)O)CCC(=O)O2)C1=O)c1csc(N)n1. The van der Waals surface area contributed by atoms with Gasteiger partial charge in [-0.15, -0.1) is 11.3 Å². The van der Waals surface area contributed by atoms with Gasteiger partial charge < -0.3 is 30.8 Å². The summed E-state index contributed by atoms with van der Waals surface area (Å²) in [6.45, 7) is -1.57. The van der Waals surface area contributed by atoms with Crippen molar-refractivity contribution in [3.05, 3.63) is 11.1 Å². The van der Waals surface area contributed by atoms with Crippen molar-refractivity contribution in [3.8, 4) is 0 Å². The second kappa shape index (κ2) is 7.85. The van der Waals surface area contributed by atoms with Crippen LogP contribution in [0.4, 0.5) is 5.13 Å². The maximum atomic E-state index is 13.0. The highest BCUT2D eigenvalue weighted by Gasteiger charge is 2.63. The van der Waals surface area contributed by atoms with E-state index in [4.69, 9.17) is 15.3 Å². The number of oxime groups is 1. The number of carboxylic acid groups (broad SMARTS) is 1. The molecule has 3 heterocycles. The summed E-state index contributed by atoms with van der Waals surface area (Å²) in [6, 6.07) is 0. The van der Waals surface area contributed by atoms with Gasteiger partial charge in [-0.3, -0.25) is 19.2 Å². The first-order valence-corrected chi connectivity index (χ1v) is 9.26. The lowest BCUT2D eigenvalue weighted by molar-refractivity contribution is -0.256. The van der Waals surface area contributed by atoms with Crippen molar-refractivity contribution < 1.29 is 43.8 Å². The Morgan fingerprint density at radius 2 is 2.23 bits per heavy atom. The molecule has 5 N–H and O–H groups in total. The van der Waals surface area contributed by atoms with Crippen molar-refractivity contribution in [2.45, 2.75) is 24.1 Å². The molecule has 1 aromatic heterocycles.